The normalized spacial score (nSPS) is 11.8. The Morgan fingerprint density at radius 3 is 2.03 bits per heavy atom. The van der Waals surface area contributed by atoms with Crippen molar-refractivity contribution in [3.63, 3.8) is 0 Å². The topological polar surface area (TPSA) is 92.3 Å². The van der Waals surface area contributed by atoms with Crippen molar-refractivity contribution in [1.29, 1.82) is 0 Å². The monoisotopic (exact) mass is 434 g/mol. The second kappa shape index (κ2) is 8.22. The average molecular weight is 435 g/mol. The number of sulfonamides is 2. The fourth-order valence-electron chi connectivity index (χ4n) is 2.61. The van der Waals surface area contributed by atoms with Crippen LogP contribution >= 0.6 is 0 Å². The Kier molecular flexibility index (Phi) is 5.90. The lowest BCUT2D eigenvalue weighted by atomic mass is 10.2. The molecule has 0 saturated carbocycles. The van der Waals surface area contributed by atoms with Crippen molar-refractivity contribution in [2.75, 3.05) is 9.44 Å². The molecule has 0 amide bonds. The minimum absolute atomic E-state index is 0.00207. The van der Waals surface area contributed by atoms with Crippen LogP contribution in [0.15, 0.2) is 77.7 Å². The lowest BCUT2D eigenvalue weighted by Crippen LogP contribution is -2.16. The van der Waals surface area contributed by atoms with E-state index in [-0.39, 0.29) is 16.3 Å². The first kappa shape index (κ1) is 20.8. The van der Waals surface area contributed by atoms with Crippen LogP contribution < -0.4 is 9.44 Å². The lowest BCUT2D eigenvalue weighted by Gasteiger charge is -2.12. The summed E-state index contributed by atoms with van der Waals surface area (Å²) in [6, 6.07) is 17.5. The van der Waals surface area contributed by atoms with Crippen LogP contribution in [-0.4, -0.2) is 16.8 Å². The van der Waals surface area contributed by atoms with Gasteiger partial charge in [-0.25, -0.2) is 21.2 Å². The Hall–Kier alpha value is -2.91. The molecule has 6 nitrogen and oxygen atoms in total. The quantitative estimate of drug-likeness (QED) is 0.590. The number of anilines is 2. The molecule has 3 aromatic rings. The molecule has 0 saturated heterocycles. The molecule has 0 aliphatic rings. The van der Waals surface area contributed by atoms with Crippen LogP contribution in [0.25, 0.3) is 0 Å². The van der Waals surface area contributed by atoms with E-state index < -0.39 is 25.9 Å². The smallest absolute Gasteiger partial charge is 0.261 e. The Morgan fingerprint density at radius 2 is 1.41 bits per heavy atom. The SMILES string of the molecule is Cc1ccccc1NS(=O)(=O)c1ccc(NS(=O)(=O)Cc2ccc(F)cc2)cc1. The van der Waals surface area contributed by atoms with E-state index in [1.807, 2.05) is 0 Å². The fraction of sp³-hybridized carbons (Fsp3) is 0.100. The lowest BCUT2D eigenvalue weighted by molar-refractivity contribution is 0.599. The van der Waals surface area contributed by atoms with Gasteiger partial charge in [0.15, 0.2) is 0 Å². The van der Waals surface area contributed by atoms with E-state index >= 15 is 0 Å². The molecule has 9 heteroatoms. The first-order valence-corrected chi connectivity index (χ1v) is 11.7. The number of hydrogen-bond donors (Lipinski definition) is 2. The summed E-state index contributed by atoms with van der Waals surface area (Å²) < 4.78 is 67.5. The summed E-state index contributed by atoms with van der Waals surface area (Å²) in [6.07, 6.45) is 0. The van der Waals surface area contributed by atoms with Crippen LogP contribution in [0.2, 0.25) is 0 Å². The molecule has 0 unspecified atom stereocenters. The molecule has 3 aromatic carbocycles. The van der Waals surface area contributed by atoms with E-state index in [1.54, 1.807) is 31.2 Å². The molecule has 0 heterocycles. The van der Waals surface area contributed by atoms with Gasteiger partial charge in [0, 0.05) is 5.69 Å². The minimum atomic E-state index is -3.81. The predicted molar refractivity (Wildman–Crippen MR) is 111 cm³/mol. The maximum absolute atomic E-state index is 12.9. The second-order valence-electron chi connectivity index (χ2n) is 6.43. The van der Waals surface area contributed by atoms with Gasteiger partial charge in [0.2, 0.25) is 10.0 Å². The summed E-state index contributed by atoms with van der Waals surface area (Å²) in [5.74, 6) is -0.780. The number of rotatable bonds is 7. The van der Waals surface area contributed by atoms with Crippen molar-refractivity contribution in [2.45, 2.75) is 17.6 Å². The Labute approximate surface area is 169 Å². The van der Waals surface area contributed by atoms with Crippen LogP contribution in [0.4, 0.5) is 15.8 Å². The van der Waals surface area contributed by atoms with E-state index in [9.17, 15) is 21.2 Å². The van der Waals surface area contributed by atoms with Gasteiger partial charge in [-0.05, 0) is 60.5 Å². The third-order valence-electron chi connectivity index (χ3n) is 4.10. The molecule has 0 atom stereocenters. The molecule has 0 aliphatic heterocycles. The number of benzene rings is 3. The molecule has 0 radical (unpaired) electrons. The molecular weight excluding hydrogens is 415 g/mol. The number of hydrogen-bond acceptors (Lipinski definition) is 4. The van der Waals surface area contributed by atoms with Crippen molar-refractivity contribution in [1.82, 2.24) is 0 Å². The highest BCUT2D eigenvalue weighted by Gasteiger charge is 2.16. The zero-order chi connectivity index (χ0) is 21.1. The minimum Gasteiger partial charge on any atom is -0.283 e. The van der Waals surface area contributed by atoms with Crippen LogP contribution in [0.1, 0.15) is 11.1 Å². The highest BCUT2D eigenvalue weighted by Crippen LogP contribution is 2.21. The summed E-state index contributed by atoms with van der Waals surface area (Å²) in [7, 11) is -7.55. The van der Waals surface area contributed by atoms with Gasteiger partial charge < -0.3 is 0 Å². The summed E-state index contributed by atoms with van der Waals surface area (Å²) in [5, 5.41) is 0. The zero-order valence-corrected chi connectivity index (χ0v) is 17.1. The molecule has 0 fully saturated rings. The maximum atomic E-state index is 12.9. The van der Waals surface area contributed by atoms with Gasteiger partial charge in [0.25, 0.3) is 10.0 Å². The largest absolute Gasteiger partial charge is 0.283 e. The van der Waals surface area contributed by atoms with Crippen molar-refractivity contribution in [3.05, 3.63) is 89.7 Å². The summed E-state index contributed by atoms with van der Waals surface area (Å²) in [6.45, 7) is 1.79. The van der Waals surface area contributed by atoms with Crippen molar-refractivity contribution >= 4 is 31.4 Å². The molecule has 0 spiro atoms. The van der Waals surface area contributed by atoms with Gasteiger partial charge in [-0.1, -0.05) is 30.3 Å². The van der Waals surface area contributed by atoms with Crippen molar-refractivity contribution in [3.8, 4) is 0 Å². The molecule has 0 bridgehead atoms. The summed E-state index contributed by atoms with van der Waals surface area (Å²) in [5.41, 5.74) is 1.90. The molecule has 29 heavy (non-hydrogen) atoms. The fourth-order valence-corrected chi connectivity index (χ4v) is 4.94. The van der Waals surface area contributed by atoms with Crippen LogP contribution in [0.3, 0.4) is 0 Å². The molecule has 0 aromatic heterocycles. The molecule has 152 valence electrons. The third kappa shape index (κ3) is 5.55. The van der Waals surface area contributed by atoms with E-state index in [1.165, 1.54) is 48.5 Å². The first-order chi connectivity index (χ1) is 13.6. The Balaban J connectivity index is 1.72. The first-order valence-electron chi connectivity index (χ1n) is 8.58. The number of nitrogens with one attached hydrogen (secondary N) is 2. The molecule has 0 aliphatic carbocycles. The highest BCUT2D eigenvalue weighted by atomic mass is 32.2. The van der Waals surface area contributed by atoms with E-state index in [0.717, 1.165) is 5.56 Å². The van der Waals surface area contributed by atoms with E-state index in [0.29, 0.717) is 11.3 Å². The van der Waals surface area contributed by atoms with Gasteiger partial charge in [0.05, 0.1) is 16.3 Å². The van der Waals surface area contributed by atoms with Gasteiger partial charge in [-0.2, -0.15) is 0 Å². The molecule has 2 N–H and O–H groups in total. The number of aryl methyl sites for hydroxylation is 1. The second-order valence-corrected chi connectivity index (χ2v) is 9.84. The standard InChI is InChI=1S/C20H19FN2O4S2/c1-15-4-2-3-5-20(15)23-29(26,27)19-12-10-18(11-13-19)22-28(24,25)14-16-6-8-17(21)9-7-16/h2-13,22-23H,14H2,1H3. The van der Waals surface area contributed by atoms with Gasteiger partial charge in [0.1, 0.15) is 5.82 Å². The number of para-hydroxylation sites is 1. The zero-order valence-electron chi connectivity index (χ0n) is 15.5. The summed E-state index contributed by atoms with van der Waals surface area (Å²) >= 11 is 0. The molecular formula is C20H19FN2O4S2. The van der Waals surface area contributed by atoms with Gasteiger partial charge in [-0.15, -0.1) is 0 Å². The van der Waals surface area contributed by atoms with Gasteiger partial charge in [-0.3, -0.25) is 9.44 Å². The van der Waals surface area contributed by atoms with E-state index in [2.05, 4.69) is 9.44 Å². The average Bonchev–Trinajstić information content (AvgIpc) is 2.65. The third-order valence-corrected chi connectivity index (χ3v) is 6.74. The van der Waals surface area contributed by atoms with Crippen LogP contribution in [-0.2, 0) is 25.8 Å². The highest BCUT2D eigenvalue weighted by molar-refractivity contribution is 7.92. The van der Waals surface area contributed by atoms with Gasteiger partial charge >= 0.3 is 0 Å². The predicted octanol–water partition coefficient (Wildman–Crippen LogP) is 3.88. The van der Waals surface area contributed by atoms with E-state index in [4.69, 9.17) is 0 Å². The van der Waals surface area contributed by atoms with Crippen LogP contribution in [0, 0.1) is 12.7 Å². The van der Waals surface area contributed by atoms with Crippen molar-refractivity contribution < 1.29 is 21.2 Å². The Morgan fingerprint density at radius 1 is 0.793 bits per heavy atom. The molecule has 3 rings (SSSR count). The van der Waals surface area contributed by atoms with Crippen molar-refractivity contribution in [2.24, 2.45) is 0 Å². The Bertz CT molecular complexity index is 1210. The van der Waals surface area contributed by atoms with Crippen LogP contribution in [0.5, 0.6) is 0 Å². The maximum Gasteiger partial charge on any atom is 0.261 e. The number of halogens is 1. The summed E-state index contributed by atoms with van der Waals surface area (Å²) in [4.78, 5) is 0.00207.